The van der Waals surface area contributed by atoms with E-state index in [0.717, 1.165) is 49.9 Å². The van der Waals surface area contributed by atoms with Gasteiger partial charge in [0.1, 0.15) is 0 Å². The first kappa shape index (κ1) is 15.1. The maximum atomic E-state index is 12.3. The fourth-order valence-corrected chi connectivity index (χ4v) is 3.51. The number of fused-ring (bicyclic) bond motifs is 1. The highest BCUT2D eigenvalue weighted by Crippen LogP contribution is 2.26. The number of amides is 2. The van der Waals surface area contributed by atoms with Gasteiger partial charge in [-0.2, -0.15) is 0 Å². The highest BCUT2D eigenvalue weighted by molar-refractivity contribution is 5.92. The molecule has 1 heterocycles. The van der Waals surface area contributed by atoms with Gasteiger partial charge in [0.05, 0.1) is 0 Å². The number of anilines is 1. The standard InChI is InChI=1S/C18H24N2O2/c1-13(21)20-10-9-14-7-8-17(11-16(14)12-20)19-18(22)15-5-3-2-4-6-15/h7-8,11,15H,2-6,9-10,12H2,1H3,(H,19,22). The average Bonchev–Trinajstić information content (AvgIpc) is 2.55. The first-order valence-electron chi connectivity index (χ1n) is 8.31. The average molecular weight is 300 g/mol. The third kappa shape index (κ3) is 3.32. The van der Waals surface area contributed by atoms with Crippen molar-refractivity contribution in [1.82, 2.24) is 4.90 Å². The summed E-state index contributed by atoms with van der Waals surface area (Å²) in [6, 6.07) is 6.11. The molecule has 1 saturated carbocycles. The molecule has 22 heavy (non-hydrogen) atoms. The van der Waals surface area contributed by atoms with E-state index in [1.807, 2.05) is 17.0 Å². The maximum absolute atomic E-state index is 12.3. The maximum Gasteiger partial charge on any atom is 0.227 e. The molecule has 0 radical (unpaired) electrons. The van der Waals surface area contributed by atoms with E-state index in [-0.39, 0.29) is 17.7 Å². The van der Waals surface area contributed by atoms with E-state index in [2.05, 4.69) is 11.4 Å². The van der Waals surface area contributed by atoms with Crippen molar-refractivity contribution in [2.24, 2.45) is 5.92 Å². The van der Waals surface area contributed by atoms with Gasteiger partial charge in [-0.3, -0.25) is 9.59 Å². The Bertz CT molecular complexity index is 576. The summed E-state index contributed by atoms with van der Waals surface area (Å²) in [5, 5.41) is 3.06. The minimum Gasteiger partial charge on any atom is -0.338 e. The van der Waals surface area contributed by atoms with E-state index in [9.17, 15) is 9.59 Å². The summed E-state index contributed by atoms with van der Waals surface area (Å²) >= 11 is 0. The quantitative estimate of drug-likeness (QED) is 0.912. The lowest BCUT2D eigenvalue weighted by Gasteiger charge is -2.28. The van der Waals surface area contributed by atoms with Crippen LogP contribution in [0.4, 0.5) is 5.69 Å². The summed E-state index contributed by atoms with van der Waals surface area (Å²) in [5.41, 5.74) is 3.30. The molecule has 1 aromatic rings. The summed E-state index contributed by atoms with van der Waals surface area (Å²) in [5.74, 6) is 0.430. The number of carbonyl (C=O) groups excluding carboxylic acids is 2. The molecule has 4 heteroatoms. The highest BCUT2D eigenvalue weighted by Gasteiger charge is 2.22. The summed E-state index contributed by atoms with van der Waals surface area (Å²) in [4.78, 5) is 25.7. The lowest BCUT2D eigenvalue weighted by molar-refractivity contribution is -0.129. The van der Waals surface area contributed by atoms with Crippen LogP contribution in [0.15, 0.2) is 18.2 Å². The van der Waals surface area contributed by atoms with Gasteiger partial charge in [0.2, 0.25) is 11.8 Å². The van der Waals surface area contributed by atoms with Gasteiger partial charge in [0.25, 0.3) is 0 Å². The van der Waals surface area contributed by atoms with Gasteiger partial charge in [-0.05, 0) is 42.5 Å². The van der Waals surface area contributed by atoms with E-state index in [0.29, 0.717) is 6.54 Å². The molecule has 1 N–H and O–H groups in total. The molecular weight excluding hydrogens is 276 g/mol. The summed E-state index contributed by atoms with van der Waals surface area (Å²) < 4.78 is 0. The number of hydrogen-bond donors (Lipinski definition) is 1. The summed E-state index contributed by atoms with van der Waals surface area (Å²) in [7, 11) is 0. The van der Waals surface area contributed by atoms with E-state index < -0.39 is 0 Å². The second-order valence-corrected chi connectivity index (χ2v) is 6.50. The molecule has 0 atom stereocenters. The Morgan fingerprint density at radius 1 is 1.14 bits per heavy atom. The van der Waals surface area contributed by atoms with Gasteiger partial charge < -0.3 is 10.2 Å². The highest BCUT2D eigenvalue weighted by atomic mass is 16.2. The zero-order valence-electron chi connectivity index (χ0n) is 13.2. The van der Waals surface area contributed by atoms with E-state index in [1.54, 1.807) is 6.92 Å². The Balaban J connectivity index is 1.69. The first-order valence-corrected chi connectivity index (χ1v) is 8.31. The third-order valence-electron chi connectivity index (χ3n) is 4.91. The van der Waals surface area contributed by atoms with Crippen molar-refractivity contribution in [1.29, 1.82) is 0 Å². The summed E-state index contributed by atoms with van der Waals surface area (Å²) in [6.07, 6.45) is 6.49. The van der Waals surface area contributed by atoms with Crippen LogP contribution in [-0.4, -0.2) is 23.3 Å². The Morgan fingerprint density at radius 3 is 2.64 bits per heavy atom. The number of rotatable bonds is 2. The van der Waals surface area contributed by atoms with Gasteiger partial charge in [-0.1, -0.05) is 25.3 Å². The Kier molecular flexibility index (Phi) is 4.46. The molecule has 118 valence electrons. The van der Waals surface area contributed by atoms with Crippen LogP contribution >= 0.6 is 0 Å². The number of carbonyl (C=O) groups is 2. The van der Waals surface area contributed by atoms with Gasteiger partial charge in [-0.25, -0.2) is 0 Å². The van der Waals surface area contributed by atoms with Gasteiger partial charge in [0.15, 0.2) is 0 Å². The molecule has 0 unspecified atom stereocenters. The molecule has 1 aliphatic heterocycles. The van der Waals surface area contributed by atoms with Crippen molar-refractivity contribution in [3.8, 4) is 0 Å². The van der Waals surface area contributed by atoms with Gasteiger partial charge >= 0.3 is 0 Å². The van der Waals surface area contributed by atoms with Gasteiger partial charge in [0, 0.05) is 31.6 Å². The molecule has 0 spiro atoms. The zero-order valence-corrected chi connectivity index (χ0v) is 13.2. The molecule has 3 rings (SSSR count). The van der Waals surface area contributed by atoms with Crippen molar-refractivity contribution in [2.75, 3.05) is 11.9 Å². The molecule has 1 fully saturated rings. The van der Waals surface area contributed by atoms with Crippen LogP contribution in [0.5, 0.6) is 0 Å². The lowest BCUT2D eigenvalue weighted by atomic mass is 9.88. The predicted molar refractivity (Wildman–Crippen MR) is 86.4 cm³/mol. The second-order valence-electron chi connectivity index (χ2n) is 6.50. The van der Waals surface area contributed by atoms with Crippen LogP contribution in [0, 0.1) is 5.92 Å². The van der Waals surface area contributed by atoms with Crippen LogP contribution in [0.1, 0.15) is 50.2 Å². The smallest absolute Gasteiger partial charge is 0.227 e. The molecule has 0 bridgehead atoms. The third-order valence-corrected chi connectivity index (χ3v) is 4.91. The normalized spacial score (nSPS) is 18.7. The first-order chi connectivity index (χ1) is 10.6. The van der Waals surface area contributed by atoms with Crippen molar-refractivity contribution < 1.29 is 9.59 Å². The second kappa shape index (κ2) is 6.51. The van der Waals surface area contributed by atoms with Gasteiger partial charge in [-0.15, -0.1) is 0 Å². The van der Waals surface area contributed by atoms with E-state index >= 15 is 0 Å². The number of nitrogens with zero attached hydrogens (tertiary/aromatic N) is 1. The Morgan fingerprint density at radius 2 is 1.91 bits per heavy atom. The van der Waals surface area contributed by atoms with E-state index in [4.69, 9.17) is 0 Å². The minimum atomic E-state index is 0.113. The van der Waals surface area contributed by atoms with Crippen molar-refractivity contribution >= 4 is 17.5 Å². The molecule has 2 aliphatic rings. The van der Waals surface area contributed by atoms with Crippen LogP contribution in [-0.2, 0) is 22.6 Å². The number of hydrogen-bond acceptors (Lipinski definition) is 2. The van der Waals surface area contributed by atoms with Crippen molar-refractivity contribution in [3.63, 3.8) is 0 Å². The molecule has 0 aromatic heterocycles. The fraction of sp³-hybridized carbons (Fsp3) is 0.556. The fourth-order valence-electron chi connectivity index (χ4n) is 3.51. The predicted octanol–water partition coefficient (Wildman–Crippen LogP) is 3.11. The minimum absolute atomic E-state index is 0.113. The largest absolute Gasteiger partial charge is 0.338 e. The number of nitrogens with one attached hydrogen (secondary N) is 1. The van der Waals surface area contributed by atoms with Crippen LogP contribution in [0.3, 0.4) is 0 Å². The summed E-state index contributed by atoms with van der Waals surface area (Å²) in [6.45, 7) is 3.05. The number of benzene rings is 1. The van der Waals surface area contributed by atoms with Crippen LogP contribution in [0.2, 0.25) is 0 Å². The molecule has 4 nitrogen and oxygen atoms in total. The lowest BCUT2D eigenvalue weighted by Crippen LogP contribution is -2.34. The van der Waals surface area contributed by atoms with E-state index in [1.165, 1.54) is 12.0 Å². The monoisotopic (exact) mass is 300 g/mol. The van der Waals surface area contributed by atoms with Crippen molar-refractivity contribution in [2.45, 2.75) is 52.0 Å². The molecule has 0 saturated heterocycles. The Labute approximate surface area is 131 Å². The Hall–Kier alpha value is -1.84. The van der Waals surface area contributed by atoms with Crippen molar-refractivity contribution in [3.05, 3.63) is 29.3 Å². The van der Waals surface area contributed by atoms with Crippen LogP contribution in [0.25, 0.3) is 0 Å². The molecular formula is C18H24N2O2. The SMILES string of the molecule is CC(=O)N1CCc2ccc(NC(=O)C3CCCCC3)cc2C1. The molecule has 1 aromatic carbocycles. The van der Waals surface area contributed by atoms with Crippen LogP contribution < -0.4 is 5.32 Å². The zero-order chi connectivity index (χ0) is 15.5. The molecule has 2 amide bonds. The topological polar surface area (TPSA) is 49.4 Å². The molecule has 1 aliphatic carbocycles.